The molecule has 0 saturated heterocycles. The highest BCUT2D eigenvalue weighted by atomic mass is 16.4. The van der Waals surface area contributed by atoms with Gasteiger partial charge in [-0.15, -0.1) is 0 Å². The second-order valence-electron chi connectivity index (χ2n) is 8.14. The van der Waals surface area contributed by atoms with Crippen LogP contribution in [0.4, 0.5) is 0 Å². The molecule has 14 heteroatoms. The van der Waals surface area contributed by atoms with Crippen molar-refractivity contribution >= 4 is 29.6 Å². The van der Waals surface area contributed by atoms with Gasteiger partial charge in [-0.3, -0.25) is 19.2 Å². The molecule has 1 rings (SSSR count). The number of phenolic OH excluding ortho intramolecular Hbond substituents is 1. The van der Waals surface area contributed by atoms with Crippen molar-refractivity contribution in [3.63, 3.8) is 0 Å². The summed E-state index contributed by atoms with van der Waals surface area (Å²) in [5.41, 5.74) is 16.5. The van der Waals surface area contributed by atoms with E-state index in [2.05, 4.69) is 16.0 Å². The number of hydrogen-bond donors (Lipinski definition) is 9. The van der Waals surface area contributed by atoms with Gasteiger partial charge in [0.2, 0.25) is 23.6 Å². The highest BCUT2D eigenvalue weighted by Crippen LogP contribution is 2.12. The standard InChI is InChI=1S/C22H34N6O8/c23-8-2-1-3-15(22(35)36)26-20(33)16(9-12-4-6-13(30)7-5-12)27-21(34)17(11-29)28-19(32)14(24)10-18(25)31/h4-7,14-17,29-30H,1-3,8-11,23-24H2,(H2,25,31)(H,26,33)(H,27,34)(H,28,32)(H,35,36)/t14-,15-,16-,17-/m0/s1. The van der Waals surface area contributed by atoms with Crippen molar-refractivity contribution in [2.75, 3.05) is 13.2 Å². The smallest absolute Gasteiger partial charge is 0.326 e. The molecule has 200 valence electrons. The average molecular weight is 511 g/mol. The third-order valence-corrected chi connectivity index (χ3v) is 5.14. The summed E-state index contributed by atoms with van der Waals surface area (Å²) in [6.45, 7) is -0.498. The number of amides is 4. The first-order chi connectivity index (χ1) is 17.0. The Bertz CT molecular complexity index is 910. The molecule has 0 fully saturated rings. The van der Waals surface area contributed by atoms with Gasteiger partial charge in [0, 0.05) is 6.42 Å². The number of rotatable bonds is 16. The topological polar surface area (TPSA) is 260 Å². The van der Waals surface area contributed by atoms with Gasteiger partial charge in [-0.25, -0.2) is 4.79 Å². The lowest BCUT2D eigenvalue weighted by atomic mass is 10.0. The average Bonchev–Trinajstić information content (AvgIpc) is 2.81. The summed E-state index contributed by atoms with van der Waals surface area (Å²) in [5, 5.41) is 35.5. The molecule has 12 N–H and O–H groups in total. The minimum absolute atomic E-state index is 0.0232. The van der Waals surface area contributed by atoms with Crippen LogP contribution in [-0.2, 0) is 30.4 Å². The van der Waals surface area contributed by atoms with Crippen LogP contribution in [0.2, 0.25) is 0 Å². The van der Waals surface area contributed by atoms with Crippen molar-refractivity contribution in [3.8, 4) is 5.75 Å². The van der Waals surface area contributed by atoms with Crippen molar-refractivity contribution in [1.82, 2.24) is 16.0 Å². The summed E-state index contributed by atoms with van der Waals surface area (Å²) < 4.78 is 0. The Kier molecular flexibility index (Phi) is 12.9. The number of aliphatic hydroxyl groups excluding tert-OH is 1. The summed E-state index contributed by atoms with van der Waals surface area (Å²) in [6, 6.07) is 0.340. The lowest BCUT2D eigenvalue weighted by Crippen LogP contribution is -2.58. The van der Waals surface area contributed by atoms with Gasteiger partial charge in [-0.2, -0.15) is 0 Å². The van der Waals surface area contributed by atoms with Crippen molar-refractivity contribution < 1.29 is 39.3 Å². The van der Waals surface area contributed by atoms with E-state index in [9.17, 15) is 39.3 Å². The number of aromatic hydroxyl groups is 1. The Morgan fingerprint density at radius 1 is 0.861 bits per heavy atom. The maximum atomic E-state index is 13.0. The van der Waals surface area contributed by atoms with Gasteiger partial charge in [0.15, 0.2) is 0 Å². The minimum atomic E-state index is -1.52. The molecule has 0 spiro atoms. The number of aliphatic carboxylic acids is 1. The predicted molar refractivity (Wildman–Crippen MR) is 127 cm³/mol. The number of benzene rings is 1. The number of carboxylic acids is 1. The number of nitrogens with two attached hydrogens (primary N) is 3. The van der Waals surface area contributed by atoms with Gasteiger partial charge in [0.05, 0.1) is 19.1 Å². The molecule has 4 amide bonds. The van der Waals surface area contributed by atoms with E-state index < -0.39 is 66.8 Å². The molecule has 36 heavy (non-hydrogen) atoms. The highest BCUT2D eigenvalue weighted by Gasteiger charge is 2.30. The third-order valence-electron chi connectivity index (χ3n) is 5.14. The van der Waals surface area contributed by atoms with E-state index in [-0.39, 0.29) is 18.6 Å². The second kappa shape index (κ2) is 15.3. The zero-order valence-electron chi connectivity index (χ0n) is 19.7. The lowest BCUT2D eigenvalue weighted by molar-refractivity contribution is -0.142. The molecule has 0 bridgehead atoms. The molecule has 0 heterocycles. The van der Waals surface area contributed by atoms with Crippen LogP contribution in [0.25, 0.3) is 0 Å². The molecule has 0 aliphatic heterocycles. The molecule has 4 atom stereocenters. The molecular weight excluding hydrogens is 476 g/mol. The minimum Gasteiger partial charge on any atom is -0.508 e. The molecule has 0 aromatic heterocycles. The first kappa shape index (κ1) is 30.3. The van der Waals surface area contributed by atoms with E-state index in [0.717, 1.165) is 0 Å². The Morgan fingerprint density at radius 2 is 1.42 bits per heavy atom. The molecule has 0 saturated carbocycles. The van der Waals surface area contributed by atoms with Crippen LogP contribution in [-0.4, -0.2) is 82.2 Å². The maximum absolute atomic E-state index is 13.0. The van der Waals surface area contributed by atoms with Crippen LogP contribution in [0.5, 0.6) is 5.75 Å². The summed E-state index contributed by atoms with van der Waals surface area (Å²) in [7, 11) is 0. The number of aliphatic hydroxyl groups is 1. The summed E-state index contributed by atoms with van der Waals surface area (Å²) in [4.78, 5) is 60.4. The molecule has 1 aromatic carbocycles. The number of phenols is 1. The fourth-order valence-electron chi connectivity index (χ4n) is 3.15. The number of nitrogens with one attached hydrogen (secondary N) is 3. The Labute approximate surface area is 207 Å². The van der Waals surface area contributed by atoms with E-state index in [1.54, 1.807) is 0 Å². The normalized spacial score (nSPS) is 14.1. The van der Waals surface area contributed by atoms with Crippen molar-refractivity contribution in [1.29, 1.82) is 0 Å². The first-order valence-electron chi connectivity index (χ1n) is 11.2. The Balaban J connectivity index is 3.03. The number of carboxylic acid groups (broad SMARTS) is 1. The van der Waals surface area contributed by atoms with Crippen LogP contribution in [0.15, 0.2) is 24.3 Å². The predicted octanol–water partition coefficient (Wildman–Crippen LogP) is -3.20. The Hall–Kier alpha value is -3.75. The van der Waals surface area contributed by atoms with Crippen LogP contribution < -0.4 is 33.2 Å². The van der Waals surface area contributed by atoms with Gasteiger partial charge in [-0.05, 0) is 43.5 Å². The van der Waals surface area contributed by atoms with E-state index in [1.165, 1.54) is 24.3 Å². The van der Waals surface area contributed by atoms with E-state index in [4.69, 9.17) is 17.2 Å². The van der Waals surface area contributed by atoms with E-state index >= 15 is 0 Å². The third kappa shape index (κ3) is 10.7. The summed E-state index contributed by atoms with van der Waals surface area (Å²) in [6.07, 6.45) is 0.541. The maximum Gasteiger partial charge on any atom is 0.326 e. The zero-order valence-corrected chi connectivity index (χ0v) is 19.7. The molecule has 1 aromatic rings. The monoisotopic (exact) mass is 510 g/mol. The fraction of sp³-hybridized carbons (Fsp3) is 0.500. The van der Waals surface area contributed by atoms with E-state index in [0.29, 0.717) is 24.9 Å². The second-order valence-corrected chi connectivity index (χ2v) is 8.14. The quantitative estimate of drug-likeness (QED) is 0.101. The van der Waals surface area contributed by atoms with Crippen LogP contribution >= 0.6 is 0 Å². The van der Waals surface area contributed by atoms with Crippen LogP contribution in [0.1, 0.15) is 31.2 Å². The van der Waals surface area contributed by atoms with Gasteiger partial charge >= 0.3 is 5.97 Å². The molecule has 0 aliphatic carbocycles. The fourth-order valence-corrected chi connectivity index (χ4v) is 3.15. The molecule has 0 unspecified atom stereocenters. The lowest BCUT2D eigenvalue weighted by Gasteiger charge is -2.24. The van der Waals surface area contributed by atoms with Gasteiger partial charge in [-0.1, -0.05) is 12.1 Å². The molecular formula is C22H34N6O8. The molecule has 14 nitrogen and oxygen atoms in total. The van der Waals surface area contributed by atoms with Gasteiger partial charge in [0.1, 0.15) is 23.9 Å². The molecule has 0 radical (unpaired) electrons. The van der Waals surface area contributed by atoms with Crippen LogP contribution in [0, 0.1) is 0 Å². The summed E-state index contributed by atoms with van der Waals surface area (Å²) in [5.74, 6) is -4.82. The highest BCUT2D eigenvalue weighted by molar-refractivity contribution is 5.95. The van der Waals surface area contributed by atoms with Gasteiger partial charge < -0.3 is 48.5 Å². The largest absolute Gasteiger partial charge is 0.508 e. The Morgan fingerprint density at radius 3 is 1.94 bits per heavy atom. The van der Waals surface area contributed by atoms with Crippen molar-refractivity contribution in [3.05, 3.63) is 29.8 Å². The zero-order chi connectivity index (χ0) is 27.3. The first-order valence-corrected chi connectivity index (χ1v) is 11.2. The van der Waals surface area contributed by atoms with Gasteiger partial charge in [0.25, 0.3) is 0 Å². The summed E-state index contributed by atoms with van der Waals surface area (Å²) >= 11 is 0. The van der Waals surface area contributed by atoms with Crippen molar-refractivity contribution in [2.24, 2.45) is 17.2 Å². The number of unbranched alkanes of at least 4 members (excludes halogenated alkanes) is 1. The number of carbonyl (C=O) groups excluding carboxylic acids is 4. The number of carbonyl (C=O) groups is 5. The van der Waals surface area contributed by atoms with E-state index in [1.807, 2.05) is 0 Å². The number of primary amides is 1. The SMILES string of the molecule is NCCCC[C@H](NC(=O)[C@H](Cc1ccc(O)cc1)NC(=O)[C@H](CO)NC(=O)[C@@H](N)CC(N)=O)C(=O)O. The number of hydrogen-bond acceptors (Lipinski definition) is 9. The van der Waals surface area contributed by atoms with Crippen molar-refractivity contribution in [2.45, 2.75) is 56.3 Å². The van der Waals surface area contributed by atoms with Crippen LogP contribution in [0.3, 0.4) is 0 Å². The molecule has 0 aliphatic rings.